The molecule has 5 heteroatoms. The summed E-state index contributed by atoms with van der Waals surface area (Å²) in [6.07, 6.45) is 1.40. The number of carbonyl (C=O) groups excluding carboxylic acids is 1. The van der Waals surface area contributed by atoms with Gasteiger partial charge in [-0.2, -0.15) is 5.26 Å². The molecule has 0 spiro atoms. The van der Waals surface area contributed by atoms with Gasteiger partial charge in [0.1, 0.15) is 17.4 Å². The lowest BCUT2D eigenvalue weighted by atomic mass is 10.2. The van der Waals surface area contributed by atoms with Crippen LogP contribution in [-0.4, -0.2) is 18.6 Å². The van der Waals surface area contributed by atoms with E-state index in [1.54, 1.807) is 0 Å². The normalized spacial score (nSPS) is 10.8. The van der Waals surface area contributed by atoms with Gasteiger partial charge in [-0.15, -0.1) is 0 Å². The number of benzene rings is 1. The molecule has 0 fully saturated rings. The first-order valence-corrected chi connectivity index (χ1v) is 6.47. The van der Waals surface area contributed by atoms with Crippen molar-refractivity contribution in [3.05, 3.63) is 36.0 Å². The third-order valence-corrected chi connectivity index (χ3v) is 2.33. The summed E-state index contributed by atoms with van der Waals surface area (Å²) in [6, 6.07) is 9.13. The van der Waals surface area contributed by atoms with E-state index in [2.05, 4.69) is 10.6 Å². The smallest absolute Gasteiger partial charge is 0.263 e. The van der Waals surface area contributed by atoms with Crippen LogP contribution in [0.1, 0.15) is 20.8 Å². The topological polar surface area (TPSA) is 74.1 Å². The van der Waals surface area contributed by atoms with Crippen molar-refractivity contribution < 1.29 is 9.53 Å². The molecule has 106 valence electrons. The Balaban J connectivity index is 2.69. The Hall–Kier alpha value is -2.48. The monoisotopic (exact) mass is 273 g/mol. The third kappa shape index (κ3) is 5.02. The number of hydrogen-bond acceptors (Lipinski definition) is 4. The van der Waals surface area contributed by atoms with E-state index in [1.165, 1.54) is 6.20 Å². The molecule has 0 saturated heterocycles. The highest BCUT2D eigenvalue weighted by Crippen LogP contribution is 2.15. The zero-order chi connectivity index (χ0) is 15.0. The Morgan fingerprint density at radius 2 is 2.05 bits per heavy atom. The van der Waals surface area contributed by atoms with Crippen molar-refractivity contribution in [3.63, 3.8) is 0 Å². The molecule has 0 aliphatic heterocycles. The van der Waals surface area contributed by atoms with Crippen LogP contribution >= 0.6 is 0 Å². The first-order chi connectivity index (χ1) is 9.56. The SMILES string of the molecule is CCOc1ccc(N/C=C(/C#N)C(=O)NC(C)C)cc1. The van der Waals surface area contributed by atoms with Crippen LogP contribution < -0.4 is 15.4 Å². The molecule has 0 bridgehead atoms. The third-order valence-electron chi connectivity index (χ3n) is 2.33. The van der Waals surface area contributed by atoms with Crippen molar-refractivity contribution in [1.82, 2.24) is 5.32 Å². The fourth-order valence-electron chi connectivity index (χ4n) is 1.46. The molecular weight excluding hydrogens is 254 g/mol. The van der Waals surface area contributed by atoms with Crippen LogP contribution in [0.4, 0.5) is 5.69 Å². The maximum atomic E-state index is 11.7. The molecule has 1 rings (SSSR count). The molecule has 0 saturated carbocycles. The summed E-state index contributed by atoms with van der Waals surface area (Å²) >= 11 is 0. The van der Waals surface area contributed by atoms with Gasteiger partial charge in [0.2, 0.25) is 0 Å². The molecule has 20 heavy (non-hydrogen) atoms. The highest BCUT2D eigenvalue weighted by atomic mass is 16.5. The predicted octanol–water partition coefficient (Wildman–Crippen LogP) is 2.43. The largest absolute Gasteiger partial charge is 0.494 e. The number of carbonyl (C=O) groups is 1. The van der Waals surface area contributed by atoms with Crippen molar-refractivity contribution >= 4 is 11.6 Å². The van der Waals surface area contributed by atoms with E-state index in [0.29, 0.717) is 6.61 Å². The van der Waals surface area contributed by atoms with Gasteiger partial charge in [-0.1, -0.05) is 0 Å². The average Bonchev–Trinajstić information content (AvgIpc) is 2.41. The molecule has 0 aliphatic carbocycles. The minimum Gasteiger partial charge on any atom is -0.494 e. The first kappa shape index (κ1) is 15.6. The van der Waals surface area contributed by atoms with Gasteiger partial charge in [0.25, 0.3) is 5.91 Å². The molecule has 2 N–H and O–H groups in total. The fourth-order valence-corrected chi connectivity index (χ4v) is 1.46. The van der Waals surface area contributed by atoms with Gasteiger partial charge in [-0.3, -0.25) is 4.79 Å². The number of anilines is 1. The van der Waals surface area contributed by atoms with Gasteiger partial charge in [-0.05, 0) is 45.0 Å². The molecular formula is C15H19N3O2. The Morgan fingerprint density at radius 3 is 2.55 bits per heavy atom. The Morgan fingerprint density at radius 1 is 1.40 bits per heavy atom. The van der Waals surface area contributed by atoms with Crippen LogP contribution in [0.3, 0.4) is 0 Å². The standard InChI is InChI=1S/C15H19N3O2/c1-4-20-14-7-5-13(6-8-14)17-10-12(9-16)15(19)18-11(2)3/h5-8,10-11,17H,4H2,1-3H3,(H,18,19)/b12-10-. The van der Waals surface area contributed by atoms with Crippen molar-refractivity contribution in [2.45, 2.75) is 26.8 Å². The van der Waals surface area contributed by atoms with Crippen molar-refractivity contribution in [1.29, 1.82) is 5.26 Å². The molecule has 0 atom stereocenters. The minimum atomic E-state index is -0.388. The van der Waals surface area contributed by atoms with Crippen molar-refractivity contribution in [2.24, 2.45) is 0 Å². The summed E-state index contributed by atoms with van der Waals surface area (Å²) < 4.78 is 5.33. The average molecular weight is 273 g/mol. The summed E-state index contributed by atoms with van der Waals surface area (Å²) in [4.78, 5) is 11.7. The number of nitrogens with zero attached hydrogens (tertiary/aromatic N) is 1. The molecule has 0 aromatic heterocycles. The molecule has 5 nitrogen and oxygen atoms in total. The van der Waals surface area contributed by atoms with Gasteiger partial charge < -0.3 is 15.4 Å². The van der Waals surface area contributed by atoms with Gasteiger partial charge >= 0.3 is 0 Å². The van der Waals surface area contributed by atoms with Gasteiger partial charge in [0.15, 0.2) is 0 Å². The van der Waals surface area contributed by atoms with Crippen LogP contribution in [0.2, 0.25) is 0 Å². The van der Waals surface area contributed by atoms with E-state index in [4.69, 9.17) is 10.00 Å². The van der Waals surface area contributed by atoms with Crippen molar-refractivity contribution in [2.75, 3.05) is 11.9 Å². The lowest BCUT2D eigenvalue weighted by Gasteiger charge is -2.08. The van der Waals surface area contributed by atoms with E-state index < -0.39 is 0 Å². The molecule has 1 aromatic rings. The number of rotatable bonds is 6. The first-order valence-electron chi connectivity index (χ1n) is 6.47. The summed E-state index contributed by atoms with van der Waals surface area (Å²) in [5, 5.41) is 14.5. The summed E-state index contributed by atoms with van der Waals surface area (Å²) in [6.45, 7) is 6.21. The van der Waals surface area contributed by atoms with E-state index in [9.17, 15) is 4.79 Å². The van der Waals surface area contributed by atoms with Crippen LogP contribution in [0.15, 0.2) is 36.0 Å². The van der Waals surface area contributed by atoms with Crippen LogP contribution in [0.5, 0.6) is 5.75 Å². The van der Waals surface area contributed by atoms with Gasteiger partial charge in [-0.25, -0.2) is 0 Å². The zero-order valence-corrected chi connectivity index (χ0v) is 11.9. The minimum absolute atomic E-state index is 0.00951. The Labute approximate surface area is 119 Å². The highest BCUT2D eigenvalue weighted by Gasteiger charge is 2.09. The lowest BCUT2D eigenvalue weighted by Crippen LogP contribution is -2.31. The van der Waals surface area contributed by atoms with Crippen LogP contribution in [-0.2, 0) is 4.79 Å². The van der Waals surface area contributed by atoms with Crippen molar-refractivity contribution in [3.8, 4) is 11.8 Å². The van der Waals surface area contributed by atoms with E-state index >= 15 is 0 Å². The number of nitrogens with one attached hydrogen (secondary N) is 2. The highest BCUT2D eigenvalue weighted by molar-refractivity contribution is 5.97. The molecule has 1 amide bonds. The van der Waals surface area contributed by atoms with Crippen LogP contribution in [0.25, 0.3) is 0 Å². The maximum Gasteiger partial charge on any atom is 0.263 e. The zero-order valence-electron chi connectivity index (χ0n) is 11.9. The maximum absolute atomic E-state index is 11.7. The Bertz CT molecular complexity index is 513. The van der Waals surface area contributed by atoms with Crippen LogP contribution in [0, 0.1) is 11.3 Å². The number of nitriles is 1. The van der Waals surface area contributed by atoms with Gasteiger partial charge in [0.05, 0.1) is 6.61 Å². The molecule has 0 heterocycles. The van der Waals surface area contributed by atoms with E-state index in [1.807, 2.05) is 51.1 Å². The molecule has 0 unspecified atom stereocenters. The summed E-state index contributed by atoms with van der Waals surface area (Å²) in [5.41, 5.74) is 0.811. The lowest BCUT2D eigenvalue weighted by molar-refractivity contribution is -0.117. The number of amides is 1. The molecule has 0 radical (unpaired) electrons. The predicted molar refractivity (Wildman–Crippen MR) is 78.2 cm³/mol. The van der Waals surface area contributed by atoms with Gasteiger partial charge in [0, 0.05) is 17.9 Å². The number of ether oxygens (including phenoxy) is 1. The second kappa shape index (κ2) is 7.85. The second-order valence-corrected chi connectivity index (χ2v) is 4.40. The Kier molecular flexibility index (Phi) is 6.11. The molecule has 0 aliphatic rings. The van der Waals surface area contributed by atoms with E-state index in [-0.39, 0.29) is 17.5 Å². The summed E-state index contributed by atoms with van der Waals surface area (Å²) in [5.74, 6) is 0.390. The number of hydrogen-bond donors (Lipinski definition) is 2. The van der Waals surface area contributed by atoms with E-state index in [0.717, 1.165) is 11.4 Å². The molecule has 1 aromatic carbocycles. The summed E-state index contributed by atoms with van der Waals surface area (Å²) in [7, 11) is 0. The quantitative estimate of drug-likeness (QED) is 0.616. The second-order valence-electron chi connectivity index (χ2n) is 4.40. The fraction of sp³-hybridized carbons (Fsp3) is 0.333.